The summed E-state index contributed by atoms with van der Waals surface area (Å²) in [6.45, 7) is 5.40. The average molecular weight is 434 g/mol. The summed E-state index contributed by atoms with van der Waals surface area (Å²) in [6, 6.07) is 10.2. The van der Waals surface area contributed by atoms with Crippen LogP contribution in [0.3, 0.4) is 0 Å². The second-order valence-corrected chi connectivity index (χ2v) is 7.08. The Bertz CT molecular complexity index is 791. The van der Waals surface area contributed by atoms with Crippen molar-refractivity contribution in [2.24, 2.45) is 0 Å². The van der Waals surface area contributed by atoms with Crippen molar-refractivity contribution in [2.75, 3.05) is 18.5 Å². The smallest absolute Gasteiger partial charge is 0.221 e. The van der Waals surface area contributed by atoms with Gasteiger partial charge in [-0.25, -0.2) is 0 Å². The second kappa shape index (κ2) is 10.2. The quantitative estimate of drug-likeness (QED) is 0.684. The fraction of sp³-hybridized carbons (Fsp3) is 0.333. The first-order valence-corrected chi connectivity index (χ1v) is 9.73. The van der Waals surface area contributed by atoms with Crippen molar-refractivity contribution in [1.29, 1.82) is 0 Å². The van der Waals surface area contributed by atoms with Crippen LogP contribution in [-0.4, -0.2) is 30.0 Å². The molecule has 2 aromatic rings. The summed E-state index contributed by atoms with van der Waals surface area (Å²) in [6.07, 6.45) is 3.45. The molecule has 1 aliphatic rings. The molecule has 27 heavy (non-hydrogen) atoms. The molecule has 1 saturated heterocycles. The molecule has 0 radical (unpaired) electrons. The van der Waals surface area contributed by atoms with Gasteiger partial charge in [0.1, 0.15) is 5.75 Å². The molecule has 1 heterocycles. The number of aryl methyl sites for hydroxylation is 1. The standard InChI is InChI=1S/C17H16BrNO3.C4H8O/c1-3-11-4-6-12(7-5-11)17(22)13-8-14(18)16(21)9-15(13)19-10(2)20;1-2-4-5-3-1/h4-9,21H,3H2,1-2H3,(H,19,20);1-4H2. The molecule has 0 aromatic heterocycles. The Kier molecular flexibility index (Phi) is 8.00. The predicted octanol–water partition coefficient (Wildman–Crippen LogP) is 4.70. The molecule has 0 unspecified atom stereocenters. The van der Waals surface area contributed by atoms with Crippen LogP contribution in [0.5, 0.6) is 5.75 Å². The Balaban J connectivity index is 0.000000451. The Morgan fingerprint density at radius 3 is 2.26 bits per heavy atom. The molecular formula is C21H24BrNO4. The largest absolute Gasteiger partial charge is 0.507 e. The van der Waals surface area contributed by atoms with Crippen LogP contribution in [0.25, 0.3) is 0 Å². The number of phenolic OH excluding ortho intramolecular Hbond substituents is 1. The molecule has 1 amide bonds. The van der Waals surface area contributed by atoms with E-state index in [0.717, 1.165) is 25.2 Å². The number of nitrogens with one attached hydrogen (secondary N) is 1. The van der Waals surface area contributed by atoms with Crippen molar-refractivity contribution < 1.29 is 19.4 Å². The summed E-state index contributed by atoms with van der Waals surface area (Å²) >= 11 is 3.20. The molecule has 1 aliphatic heterocycles. The topological polar surface area (TPSA) is 75.6 Å². The molecule has 0 bridgehead atoms. The highest BCUT2D eigenvalue weighted by Crippen LogP contribution is 2.32. The molecule has 6 heteroatoms. The number of amides is 1. The molecule has 0 atom stereocenters. The lowest BCUT2D eigenvalue weighted by molar-refractivity contribution is -0.114. The number of aromatic hydroxyl groups is 1. The SMILES string of the molecule is C1CCOC1.CCc1ccc(C(=O)c2cc(Br)c(O)cc2NC(C)=O)cc1. The van der Waals surface area contributed by atoms with Crippen LogP contribution in [-0.2, 0) is 16.0 Å². The highest BCUT2D eigenvalue weighted by Gasteiger charge is 2.17. The first-order chi connectivity index (χ1) is 12.9. The molecule has 3 rings (SSSR count). The molecule has 144 valence electrons. The maximum atomic E-state index is 12.7. The zero-order valence-electron chi connectivity index (χ0n) is 15.5. The number of carbonyl (C=O) groups excluding carboxylic acids is 2. The molecule has 0 spiro atoms. The minimum atomic E-state index is -0.308. The zero-order valence-corrected chi connectivity index (χ0v) is 17.1. The van der Waals surface area contributed by atoms with Crippen molar-refractivity contribution in [2.45, 2.75) is 33.1 Å². The Morgan fingerprint density at radius 2 is 1.78 bits per heavy atom. The Morgan fingerprint density at radius 1 is 1.15 bits per heavy atom. The normalized spacial score (nSPS) is 12.9. The van der Waals surface area contributed by atoms with E-state index in [1.807, 2.05) is 19.1 Å². The van der Waals surface area contributed by atoms with Crippen molar-refractivity contribution in [3.8, 4) is 5.75 Å². The van der Waals surface area contributed by atoms with E-state index in [4.69, 9.17) is 4.74 Å². The van der Waals surface area contributed by atoms with Gasteiger partial charge in [0.2, 0.25) is 5.91 Å². The lowest BCUT2D eigenvalue weighted by Crippen LogP contribution is -2.12. The van der Waals surface area contributed by atoms with Crippen LogP contribution in [0.4, 0.5) is 5.69 Å². The minimum absolute atomic E-state index is 0.0402. The summed E-state index contributed by atoms with van der Waals surface area (Å²) in [5, 5.41) is 12.3. The van der Waals surface area contributed by atoms with Crippen LogP contribution in [0.1, 0.15) is 48.2 Å². The van der Waals surface area contributed by atoms with E-state index in [1.54, 1.807) is 12.1 Å². The highest BCUT2D eigenvalue weighted by atomic mass is 79.9. The Labute approximate surface area is 167 Å². The summed E-state index contributed by atoms with van der Waals surface area (Å²) in [5.41, 5.74) is 2.29. The lowest BCUT2D eigenvalue weighted by Gasteiger charge is -2.11. The van der Waals surface area contributed by atoms with Crippen molar-refractivity contribution in [1.82, 2.24) is 0 Å². The highest BCUT2D eigenvalue weighted by molar-refractivity contribution is 9.10. The van der Waals surface area contributed by atoms with E-state index < -0.39 is 0 Å². The monoisotopic (exact) mass is 433 g/mol. The summed E-state index contributed by atoms with van der Waals surface area (Å²) in [5.74, 6) is -0.564. The third kappa shape index (κ3) is 6.19. The first kappa shape index (κ1) is 21.1. The summed E-state index contributed by atoms with van der Waals surface area (Å²) < 4.78 is 5.34. The fourth-order valence-electron chi connectivity index (χ4n) is 2.60. The third-order valence-electron chi connectivity index (χ3n) is 4.09. The van der Waals surface area contributed by atoms with Crippen LogP contribution >= 0.6 is 15.9 Å². The number of anilines is 1. The van der Waals surface area contributed by atoms with Crippen molar-refractivity contribution in [3.63, 3.8) is 0 Å². The van der Waals surface area contributed by atoms with E-state index in [-0.39, 0.29) is 23.1 Å². The van der Waals surface area contributed by atoms with Gasteiger partial charge < -0.3 is 15.2 Å². The molecule has 0 saturated carbocycles. The van der Waals surface area contributed by atoms with Gasteiger partial charge in [0, 0.05) is 37.3 Å². The number of rotatable bonds is 4. The van der Waals surface area contributed by atoms with Gasteiger partial charge in [0.15, 0.2) is 5.78 Å². The maximum Gasteiger partial charge on any atom is 0.221 e. The fourth-order valence-corrected chi connectivity index (χ4v) is 2.94. The van der Waals surface area contributed by atoms with Gasteiger partial charge in [0.05, 0.1) is 10.2 Å². The number of ketones is 1. The second-order valence-electron chi connectivity index (χ2n) is 6.23. The average Bonchev–Trinajstić information content (AvgIpc) is 3.23. The number of hydrogen-bond acceptors (Lipinski definition) is 4. The van der Waals surface area contributed by atoms with E-state index >= 15 is 0 Å². The minimum Gasteiger partial charge on any atom is -0.507 e. The van der Waals surface area contributed by atoms with Crippen molar-refractivity contribution in [3.05, 3.63) is 57.6 Å². The third-order valence-corrected chi connectivity index (χ3v) is 4.73. The van der Waals surface area contributed by atoms with E-state index in [9.17, 15) is 14.7 Å². The molecular weight excluding hydrogens is 410 g/mol. The molecule has 5 nitrogen and oxygen atoms in total. The summed E-state index contributed by atoms with van der Waals surface area (Å²) in [4.78, 5) is 23.9. The van der Waals surface area contributed by atoms with Crippen LogP contribution < -0.4 is 5.32 Å². The molecule has 2 aromatic carbocycles. The van der Waals surface area contributed by atoms with Gasteiger partial charge in [-0.15, -0.1) is 0 Å². The van der Waals surface area contributed by atoms with Gasteiger partial charge in [-0.1, -0.05) is 31.2 Å². The van der Waals surface area contributed by atoms with Crippen LogP contribution in [0, 0.1) is 0 Å². The van der Waals surface area contributed by atoms with E-state index in [2.05, 4.69) is 21.2 Å². The van der Waals surface area contributed by atoms with Crippen molar-refractivity contribution >= 4 is 33.3 Å². The number of phenols is 1. The molecule has 0 aliphatic carbocycles. The van der Waals surface area contributed by atoms with Gasteiger partial charge >= 0.3 is 0 Å². The summed E-state index contributed by atoms with van der Waals surface area (Å²) in [7, 11) is 0. The Hall–Kier alpha value is -2.18. The number of benzene rings is 2. The maximum absolute atomic E-state index is 12.7. The zero-order chi connectivity index (χ0) is 19.8. The van der Waals surface area contributed by atoms with E-state index in [0.29, 0.717) is 15.6 Å². The number of halogens is 1. The molecule has 2 N–H and O–H groups in total. The van der Waals surface area contributed by atoms with Gasteiger partial charge in [-0.05, 0) is 46.8 Å². The predicted molar refractivity (Wildman–Crippen MR) is 109 cm³/mol. The number of carbonyl (C=O) groups is 2. The van der Waals surface area contributed by atoms with Crippen LogP contribution in [0.2, 0.25) is 0 Å². The molecule has 1 fully saturated rings. The van der Waals surface area contributed by atoms with Gasteiger partial charge in [0.25, 0.3) is 0 Å². The van der Waals surface area contributed by atoms with Gasteiger partial charge in [-0.3, -0.25) is 9.59 Å². The van der Waals surface area contributed by atoms with E-state index in [1.165, 1.54) is 31.9 Å². The van der Waals surface area contributed by atoms with Gasteiger partial charge in [-0.2, -0.15) is 0 Å². The first-order valence-electron chi connectivity index (χ1n) is 8.93. The number of ether oxygens (including phenoxy) is 1. The lowest BCUT2D eigenvalue weighted by atomic mass is 9.99. The van der Waals surface area contributed by atoms with Crippen LogP contribution in [0.15, 0.2) is 40.9 Å². The number of hydrogen-bond donors (Lipinski definition) is 2.